The summed E-state index contributed by atoms with van der Waals surface area (Å²) < 4.78 is 12.9. The topological polar surface area (TPSA) is 20.2 Å². The molecule has 0 radical (unpaired) electrons. The second-order valence-electron chi connectivity index (χ2n) is 4.19. The Kier molecular flexibility index (Phi) is 3.92. The third-order valence-electron chi connectivity index (χ3n) is 2.88. The van der Waals surface area contributed by atoms with Gasteiger partial charge in [0.15, 0.2) is 0 Å². The minimum absolute atomic E-state index is 0.253. The number of aryl methyl sites for hydroxylation is 2. The van der Waals surface area contributed by atoms with Crippen molar-refractivity contribution >= 4 is 11.3 Å². The Balaban J connectivity index is 2.01. The molecule has 1 heterocycles. The van der Waals surface area contributed by atoms with E-state index in [-0.39, 0.29) is 5.82 Å². The standard InChI is InChI=1S/C14H15FOS/c1-10-8-12(15)3-4-13(10)14(16)5-2-11-6-7-17-9-11/h3-4,6-9,14,16H,2,5H2,1H3. The molecule has 1 aromatic carbocycles. The van der Waals surface area contributed by atoms with E-state index in [0.717, 1.165) is 17.5 Å². The van der Waals surface area contributed by atoms with Gasteiger partial charge in [0.25, 0.3) is 0 Å². The Morgan fingerprint density at radius 3 is 2.82 bits per heavy atom. The van der Waals surface area contributed by atoms with Crippen molar-refractivity contribution in [2.75, 3.05) is 0 Å². The molecule has 0 aliphatic carbocycles. The largest absolute Gasteiger partial charge is 0.388 e. The normalized spacial score (nSPS) is 12.6. The maximum atomic E-state index is 12.9. The molecule has 90 valence electrons. The van der Waals surface area contributed by atoms with Crippen molar-refractivity contribution in [2.24, 2.45) is 0 Å². The number of thiophene rings is 1. The van der Waals surface area contributed by atoms with E-state index in [2.05, 4.69) is 11.4 Å². The predicted octanol–water partition coefficient (Wildman–Crippen LogP) is 3.86. The molecule has 1 N–H and O–H groups in total. The second kappa shape index (κ2) is 5.43. The molecule has 1 atom stereocenters. The molecule has 1 unspecified atom stereocenters. The first kappa shape index (κ1) is 12.3. The molecule has 0 saturated heterocycles. The summed E-state index contributed by atoms with van der Waals surface area (Å²) in [7, 11) is 0. The van der Waals surface area contributed by atoms with Gasteiger partial charge in [0.2, 0.25) is 0 Å². The first-order valence-electron chi connectivity index (χ1n) is 5.62. The lowest BCUT2D eigenvalue weighted by Gasteiger charge is -2.13. The second-order valence-corrected chi connectivity index (χ2v) is 4.97. The minimum Gasteiger partial charge on any atom is -0.388 e. The Labute approximate surface area is 105 Å². The van der Waals surface area contributed by atoms with E-state index in [0.29, 0.717) is 6.42 Å². The zero-order chi connectivity index (χ0) is 12.3. The van der Waals surface area contributed by atoms with Crippen LogP contribution in [0.3, 0.4) is 0 Å². The number of aliphatic hydroxyl groups is 1. The summed E-state index contributed by atoms with van der Waals surface area (Å²) in [5, 5.41) is 14.2. The number of aliphatic hydroxyl groups excluding tert-OH is 1. The van der Waals surface area contributed by atoms with E-state index in [1.807, 2.05) is 12.3 Å². The fraction of sp³-hybridized carbons (Fsp3) is 0.286. The summed E-state index contributed by atoms with van der Waals surface area (Å²) >= 11 is 1.66. The molecule has 2 rings (SSSR count). The van der Waals surface area contributed by atoms with Crippen LogP contribution in [0.25, 0.3) is 0 Å². The van der Waals surface area contributed by atoms with Crippen molar-refractivity contribution in [3.8, 4) is 0 Å². The van der Waals surface area contributed by atoms with Gasteiger partial charge in [0.1, 0.15) is 5.82 Å². The van der Waals surface area contributed by atoms with Gasteiger partial charge in [-0.05, 0) is 65.4 Å². The monoisotopic (exact) mass is 250 g/mol. The smallest absolute Gasteiger partial charge is 0.123 e. The van der Waals surface area contributed by atoms with Crippen LogP contribution in [-0.4, -0.2) is 5.11 Å². The zero-order valence-corrected chi connectivity index (χ0v) is 10.5. The molecule has 17 heavy (non-hydrogen) atoms. The van der Waals surface area contributed by atoms with Gasteiger partial charge < -0.3 is 5.11 Å². The number of rotatable bonds is 4. The lowest BCUT2D eigenvalue weighted by Crippen LogP contribution is -2.02. The van der Waals surface area contributed by atoms with Crippen LogP contribution in [-0.2, 0) is 6.42 Å². The predicted molar refractivity (Wildman–Crippen MR) is 68.7 cm³/mol. The molecule has 0 bridgehead atoms. The summed E-state index contributed by atoms with van der Waals surface area (Å²) in [5.41, 5.74) is 2.87. The summed E-state index contributed by atoms with van der Waals surface area (Å²) in [6.07, 6.45) is 1.00. The van der Waals surface area contributed by atoms with Crippen LogP contribution in [0.2, 0.25) is 0 Å². The fourth-order valence-corrected chi connectivity index (χ4v) is 2.61. The van der Waals surface area contributed by atoms with Gasteiger partial charge in [-0.2, -0.15) is 11.3 Å². The van der Waals surface area contributed by atoms with Gasteiger partial charge in [-0.3, -0.25) is 0 Å². The lowest BCUT2D eigenvalue weighted by molar-refractivity contribution is 0.167. The summed E-state index contributed by atoms with van der Waals surface area (Å²) in [6, 6.07) is 6.59. The van der Waals surface area contributed by atoms with Gasteiger partial charge in [0.05, 0.1) is 6.10 Å². The Morgan fingerprint density at radius 1 is 1.35 bits per heavy atom. The Morgan fingerprint density at radius 2 is 2.18 bits per heavy atom. The summed E-state index contributed by atoms with van der Waals surface area (Å²) in [6.45, 7) is 1.83. The molecule has 0 aliphatic rings. The van der Waals surface area contributed by atoms with E-state index in [4.69, 9.17) is 0 Å². The van der Waals surface area contributed by atoms with Crippen LogP contribution >= 0.6 is 11.3 Å². The third-order valence-corrected chi connectivity index (χ3v) is 3.61. The van der Waals surface area contributed by atoms with Crippen LogP contribution < -0.4 is 0 Å². The summed E-state index contributed by atoms with van der Waals surface area (Å²) in [4.78, 5) is 0. The number of hydrogen-bond acceptors (Lipinski definition) is 2. The highest BCUT2D eigenvalue weighted by atomic mass is 32.1. The van der Waals surface area contributed by atoms with Crippen LogP contribution in [0.4, 0.5) is 4.39 Å². The molecule has 0 aliphatic heterocycles. The van der Waals surface area contributed by atoms with Gasteiger partial charge in [-0.1, -0.05) is 6.07 Å². The van der Waals surface area contributed by atoms with Crippen LogP contribution in [0.5, 0.6) is 0 Å². The lowest BCUT2D eigenvalue weighted by atomic mass is 9.98. The number of benzene rings is 1. The Hall–Kier alpha value is -1.19. The average Bonchev–Trinajstić information content (AvgIpc) is 2.78. The average molecular weight is 250 g/mol. The molecule has 3 heteroatoms. The van der Waals surface area contributed by atoms with Gasteiger partial charge in [-0.15, -0.1) is 0 Å². The zero-order valence-electron chi connectivity index (χ0n) is 9.69. The van der Waals surface area contributed by atoms with Crippen molar-refractivity contribution in [1.29, 1.82) is 0 Å². The highest BCUT2D eigenvalue weighted by Gasteiger charge is 2.11. The van der Waals surface area contributed by atoms with E-state index in [1.165, 1.54) is 17.7 Å². The molecule has 2 aromatic rings. The SMILES string of the molecule is Cc1cc(F)ccc1C(O)CCc1ccsc1. The fourth-order valence-electron chi connectivity index (χ4n) is 1.91. The van der Waals surface area contributed by atoms with E-state index in [9.17, 15) is 9.50 Å². The van der Waals surface area contributed by atoms with Crippen molar-refractivity contribution in [3.63, 3.8) is 0 Å². The van der Waals surface area contributed by atoms with Gasteiger partial charge in [-0.25, -0.2) is 4.39 Å². The van der Waals surface area contributed by atoms with E-state index in [1.54, 1.807) is 17.4 Å². The van der Waals surface area contributed by atoms with E-state index < -0.39 is 6.10 Å². The van der Waals surface area contributed by atoms with Crippen molar-refractivity contribution in [1.82, 2.24) is 0 Å². The van der Waals surface area contributed by atoms with Crippen LogP contribution in [0.1, 0.15) is 29.2 Å². The molecular formula is C14H15FOS. The first-order valence-corrected chi connectivity index (χ1v) is 6.56. The quantitative estimate of drug-likeness (QED) is 0.873. The molecule has 0 amide bonds. The van der Waals surface area contributed by atoms with Crippen LogP contribution in [0.15, 0.2) is 35.0 Å². The maximum absolute atomic E-state index is 12.9. The van der Waals surface area contributed by atoms with E-state index >= 15 is 0 Å². The first-order chi connectivity index (χ1) is 8.16. The highest BCUT2D eigenvalue weighted by Crippen LogP contribution is 2.23. The molecular weight excluding hydrogens is 235 g/mol. The van der Waals surface area contributed by atoms with Crippen LogP contribution in [0, 0.1) is 12.7 Å². The number of hydrogen-bond donors (Lipinski definition) is 1. The van der Waals surface area contributed by atoms with Crippen molar-refractivity contribution in [3.05, 3.63) is 57.5 Å². The highest BCUT2D eigenvalue weighted by molar-refractivity contribution is 7.07. The number of halogens is 1. The van der Waals surface area contributed by atoms with Gasteiger partial charge >= 0.3 is 0 Å². The maximum Gasteiger partial charge on any atom is 0.123 e. The van der Waals surface area contributed by atoms with Crippen molar-refractivity contribution < 1.29 is 9.50 Å². The Bertz CT molecular complexity index is 479. The van der Waals surface area contributed by atoms with Crippen molar-refractivity contribution in [2.45, 2.75) is 25.9 Å². The molecule has 0 fully saturated rings. The molecule has 0 spiro atoms. The minimum atomic E-state index is -0.518. The summed E-state index contributed by atoms with van der Waals surface area (Å²) in [5.74, 6) is -0.253. The van der Waals surface area contributed by atoms with Gasteiger partial charge in [0, 0.05) is 0 Å². The molecule has 1 aromatic heterocycles. The third kappa shape index (κ3) is 3.14. The molecule has 0 saturated carbocycles. The molecule has 1 nitrogen and oxygen atoms in total.